The number of benzene rings is 1. The van der Waals surface area contributed by atoms with Crippen LogP contribution in [-0.4, -0.2) is 9.55 Å². The highest BCUT2D eigenvalue weighted by Crippen LogP contribution is 2.41. The Hall–Kier alpha value is -1.77. The Morgan fingerprint density at radius 1 is 1.38 bits per heavy atom. The van der Waals surface area contributed by atoms with Gasteiger partial charge in [0.2, 0.25) is 0 Å². The van der Waals surface area contributed by atoms with Crippen LogP contribution in [0.5, 0.6) is 0 Å². The van der Waals surface area contributed by atoms with E-state index in [0.717, 1.165) is 23.0 Å². The van der Waals surface area contributed by atoms with E-state index in [1.807, 2.05) is 11.6 Å². The SMILES string of the molecule is Cn1cnc(-c2cccc(C3CC3)c2)c1N. The molecular formula is C13H15N3. The van der Waals surface area contributed by atoms with Gasteiger partial charge < -0.3 is 10.3 Å². The van der Waals surface area contributed by atoms with E-state index >= 15 is 0 Å². The Balaban J connectivity index is 2.05. The number of anilines is 1. The van der Waals surface area contributed by atoms with Crippen molar-refractivity contribution in [1.82, 2.24) is 9.55 Å². The fourth-order valence-electron chi connectivity index (χ4n) is 2.02. The zero-order chi connectivity index (χ0) is 11.1. The molecule has 3 heteroatoms. The number of hydrogen-bond acceptors (Lipinski definition) is 2. The number of nitrogen functional groups attached to an aromatic ring is 1. The third kappa shape index (κ3) is 1.48. The number of nitrogens with two attached hydrogens (primary N) is 1. The molecule has 1 aliphatic carbocycles. The predicted octanol–water partition coefficient (Wildman–Crippen LogP) is 2.55. The van der Waals surface area contributed by atoms with Crippen LogP contribution in [0.15, 0.2) is 30.6 Å². The van der Waals surface area contributed by atoms with E-state index in [1.54, 1.807) is 6.33 Å². The van der Waals surface area contributed by atoms with Gasteiger partial charge in [0.05, 0.1) is 6.33 Å². The van der Waals surface area contributed by atoms with Gasteiger partial charge in [0.15, 0.2) is 0 Å². The first-order valence-corrected chi connectivity index (χ1v) is 5.63. The van der Waals surface area contributed by atoms with Crippen LogP contribution in [0.4, 0.5) is 5.82 Å². The second-order valence-corrected chi connectivity index (χ2v) is 4.49. The second kappa shape index (κ2) is 3.37. The molecule has 0 spiro atoms. The van der Waals surface area contributed by atoms with Gasteiger partial charge in [-0.2, -0.15) is 0 Å². The molecule has 1 fully saturated rings. The summed E-state index contributed by atoms with van der Waals surface area (Å²) in [5.41, 5.74) is 9.42. The van der Waals surface area contributed by atoms with Gasteiger partial charge in [0.1, 0.15) is 11.5 Å². The largest absolute Gasteiger partial charge is 0.383 e. The van der Waals surface area contributed by atoms with Crippen molar-refractivity contribution in [3.05, 3.63) is 36.2 Å². The Morgan fingerprint density at radius 2 is 2.19 bits per heavy atom. The summed E-state index contributed by atoms with van der Waals surface area (Å²) in [6.45, 7) is 0. The van der Waals surface area contributed by atoms with Gasteiger partial charge in [-0.1, -0.05) is 18.2 Å². The fraction of sp³-hybridized carbons (Fsp3) is 0.308. The molecule has 1 aliphatic rings. The van der Waals surface area contributed by atoms with E-state index in [9.17, 15) is 0 Å². The van der Waals surface area contributed by atoms with Crippen molar-refractivity contribution in [1.29, 1.82) is 0 Å². The topological polar surface area (TPSA) is 43.8 Å². The first-order valence-electron chi connectivity index (χ1n) is 5.63. The van der Waals surface area contributed by atoms with Gasteiger partial charge in [0.25, 0.3) is 0 Å². The maximum absolute atomic E-state index is 5.98. The minimum Gasteiger partial charge on any atom is -0.383 e. The van der Waals surface area contributed by atoms with Gasteiger partial charge in [0, 0.05) is 12.6 Å². The highest BCUT2D eigenvalue weighted by molar-refractivity contribution is 5.71. The minimum atomic E-state index is 0.730. The summed E-state index contributed by atoms with van der Waals surface area (Å²) in [4.78, 5) is 4.34. The highest BCUT2D eigenvalue weighted by Gasteiger charge is 2.23. The molecule has 1 heterocycles. The smallest absolute Gasteiger partial charge is 0.131 e. The summed E-state index contributed by atoms with van der Waals surface area (Å²) in [6.07, 6.45) is 4.40. The standard InChI is InChI=1S/C13H15N3/c1-16-8-15-12(13(16)14)11-4-2-3-10(7-11)9-5-6-9/h2-4,7-9H,5-6,14H2,1H3. The summed E-state index contributed by atoms with van der Waals surface area (Å²) >= 11 is 0. The first kappa shape index (κ1) is 9.46. The number of aryl methyl sites for hydroxylation is 1. The molecule has 0 unspecified atom stereocenters. The summed E-state index contributed by atoms with van der Waals surface area (Å²) in [7, 11) is 1.91. The van der Waals surface area contributed by atoms with E-state index in [4.69, 9.17) is 5.73 Å². The lowest BCUT2D eigenvalue weighted by molar-refractivity contribution is 0.925. The molecule has 1 aromatic heterocycles. The molecular weight excluding hydrogens is 198 g/mol. The summed E-state index contributed by atoms with van der Waals surface area (Å²) in [5.74, 6) is 1.50. The Labute approximate surface area is 94.9 Å². The van der Waals surface area contributed by atoms with Gasteiger partial charge in [-0.3, -0.25) is 0 Å². The van der Waals surface area contributed by atoms with E-state index in [2.05, 4.69) is 29.2 Å². The van der Waals surface area contributed by atoms with Crippen LogP contribution in [0, 0.1) is 0 Å². The van der Waals surface area contributed by atoms with Crippen molar-refractivity contribution >= 4 is 5.82 Å². The molecule has 1 aromatic carbocycles. The molecule has 0 atom stereocenters. The highest BCUT2D eigenvalue weighted by atomic mass is 15.1. The Bertz CT molecular complexity index is 524. The molecule has 2 aromatic rings. The number of nitrogens with zero attached hydrogens (tertiary/aromatic N) is 2. The number of hydrogen-bond donors (Lipinski definition) is 1. The summed E-state index contributed by atoms with van der Waals surface area (Å²) in [6, 6.07) is 8.58. The van der Waals surface area contributed by atoms with Crippen LogP contribution in [0.25, 0.3) is 11.3 Å². The molecule has 0 bridgehead atoms. The Morgan fingerprint density at radius 3 is 2.81 bits per heavy atom. The summed E-state index contributed by atoms with van der Waals surface area (Å²) in [5, 5.41) is 0. The van der Waals surface area contributed by atoms with Crippen LogP contribution in [-0.2, 0) is 7.05 Å². The fourth-order valence-corrected chi connectivity index (χ4v) is 2.02. The van der Waals surface area contributed by atoms with Gasteiger partial charge in [-0.15, -0.1) is 0 Å². The molecule has 2 N–H and O–H groups in total. The zero-order valence-corrected chi connectivity index (χ0v) is 9.35. The third-order valence-electron chi connectivity index (χ3n) is 3.19. The van der Waals surface area contributed by atoms with Crippen molar-refractivity contribution < 1.29 is 0 Å². The molecule has 3 rings (SSSR count). The zero-order valence-electron chi connectivity index (χ0n) is 9.35. The van der Waals surface area contributed by atoms with Crippen molar-refractivity contribution in [3.63, 3.8) is 0 Å². The summed E-state index contributed by atoms with van der Waals surface area (Å²) < 4.78 is 1.85. The monoisotopic (exact) mass is 213 g/mol. The maximum atomic E-state index is 5.98. The third-order valence-corrected chi connectivity index (χ3v) is 3.19. The van der Waals surface area contributed by atoms with Crippen LogP contribution in [0.2, 0.25) is 0 Å². The molecule has 0 aliphatic heterocycles. The average molecular weight is 213 g/mol. The van der Waals surface area contributed by atoms with Gasteiger partial charge in [-0.05, 0) is 30.4 Å². The maximum Gasteiger partial charge on any atom is 0.131 e. The van der Waals surface area contributed by atoms with Crippen molar-refractivity contribution in [3.8, 4) is 11.3 Å². The molecule has 0 saturated heterocycles. The lowest BCUT2D eigenvalue weighted by Gasteiger charge is -2.03. The number of rotatable bonds is 2. The lowest BCUT2D eigenvalue weighted by atomic mass is 10.1. The normalized spacial score (nSPS) is 15.3. The van der Waals surface area contributed by atoms with E-state index in [0.29, 0.717) is 0 Å². The second-order valence-electron chi connectivity index (χ2n) is 4.49. The van der Waals surface area contributed by atoms with Gasteiger partial charge in [-0.25, -0.2) is 4.98 Å². The molecule has 82 valence electrons. The minimum absolute atomic E-state index is 0.730. The Kier molecular flexibility index (Phi) is 1.99. The number of imidazole rings is 1. The van der Waals surface area contributed by atoms with E-state index in [-0.39, 0.29) is 0 Å². The van der Waals surface area contributed by atoms with Crippen LogP contribution in [0.1, 0.15) is 24.3 Å². The molecule has 0 radical (unpaired) electrons. The van der Waals surface area contributed by atoms with Crippen molar-refractivity contribution in [2.45, 2.75) is 18.8 Å². The first-order chi connectivity index (χ1) is 7.75. The van der Waals surface area contributed by atoms with E-state index < -0.39 is 0 Å². The van der Waals surface area contributed by atoms with Crippen LogP contribution >= 0.6 is 0 Å². The number of aromatic nitrogens is 2. The molecule has 16 heavy (non-hydrogen) atoms. The molecule has 3 nitrogen and oxygen atoms in total. The van der Waals surface area contributed by atoms with Crippen molar-refractivity contribution in [2.75, 3.05) is 5.73 Å². The lowest BCUT2D eigenvalue weighted by Crippen LogP contribution is -1.96. The predicted molar refractivity (Wildman–Crippen MR) is 65.0 cm³/mol. The van der Waals surface area contributed by atoms with E-state index in [1.165, 1.54) is 18.4 Å². The molecule has 0 amide bonds. The quantitative estimate of drug-likeness (QED) is 0.833. The van der Waals surface area contributed by atoms with Crippen molar-refractivity contribution in [2.24, 2.45) is 7.05 Å². The van der Waals surface area contributed by atoms with Gasteiger partial charge >= 0.3 is 0 Å². The van der Waals surface area contributed by atoms with Crippen LogP contribution < -0.4 is 5.73 Å². The molecule has 1 saturated carbocycles. The average Bonchev–Trinajstić information content (AvgIpc) is 3.08. The van der Waals surface area contributed by atoms with Crippen LogP contribution in [0.3, 0.4) is 0 Å².